The molecule has 0 spiro atoms. The van der Waals surface area contributed by atoms with Crippen molar-refractivity contribution in [3.8, 4) is 0 Å². The minimum absolute atomic E-state index is 0.0139. The minimum atomic E-state index is -0.884. The first kappa shape index (κ1) is 9.39. The first-order valence-electron chi connectivity index (χ1n) is 3.11. The summed E-state index contributed by atoms with van der Waals surface area (Å²) >= 11 is 0. The summed E-state index contributed by atoms with van der Waals surface area (Å²) in [6.07, 6.45) is -0.329. The highest BCUT2D eigenvalue weighted by molar-refractivity contribution is 5.67. The number of hydrogen-bond acceptors (Lipinski definition) is 3. The van der Waals surface area contributed by atoms with E-state index in [-0.39, 0.29) is 25.7 Å². The molecule has 0 saturated heterocycles. The molecule has 0 aromatic rings. The lowest BCUT2D eigenvalue weighted by Crippen LogP contribution is -2.15. The van der Waals surface area contributed by atoms with Crippen LogP contribution in [0.1, 0.15) is 13.3 Å². The van der Waals surface area contributed by atoms with Crippen LogP contribution in [-0.4, -0.2) is 35.5 Å². The van der Waals surface area contributed by atoms with Gasteiger partial charge in [-0.2, -0.15) is 0 Å². The molecule has 2 N–H and O–H groups in total. The van der Waals surface area contributed by atoms with Crippen LogP contribution >= 0.6 is 0 Å². The lowest BCUT2D eigenvalue weighted by atomic mass is 10.3. The molecule has 0 fully saturated rings. The Labute approximate surface area is 59.4 Å². The first-order chi connectivity index (χ1) is 4.66. The molecule has 1 unspecified atom stereocenters. The highest BCUT2D eigenvalue weighted by atomic mass is 16.5. The number of carboxylic acid groups (broad SMARTS) is 1. The second kappa shape index (κ2) is 5.20. The molecule has 0 aromatic carbocycles. The van der Waals surface area contributed by atoms with Gasteiger partial charge in [0.15, 0.2) is 0 Å². The number of hydrogen-bond donors (Lipinski definition) is 2. The third kappa shape index (κ3) is 5.53. The van der Waals surface area contributed by atoms with E-state index >= 15 is 0 Å². The monoisotopic (exact) mass is 148 g/mol. The van der Waals surface area contributed by atoms with Crippen molar-refractivity contribution in [2.24, 2.45) is 0 Å². The van der Waals surface area contributed by atoms with Crippen molar-refractivity contribution in [3.05, 3.63) is 0 Å². The van der Waals surface area contributed by atoms with Gasteiger partial charge < -0.3 is 14.9 Å². The molecule has 10 heavy (non-hydrogen) atoms. The summed E-state index contributed by atoms with van der Waals surface area (Å²) in [7, 11) is 0. The zero-order chi connectivity index (χ0) is 7.98. The molecular formula is C6H12O4. The Hall–Kier alpha value is -0.610. The molecule has 0 aliphatic rings. The van der Waals surface area contributed by atoms with Gasteiger partial charge in [-0.15, -0.1) is 0 Å². The van der Waals surface area contributed by atoms with Crippen molar-refractivity contribution >= 4 is 5.97 Å². The highest BCUT2D eigenvalue weighted by Gasteiger charge is 2.06. The van der Waals surface area contributed by atoms with Crippen LogP contribution in [0.3, 0.4) is 0 Å². The van der Waals surface area contributed by atoms with Crippen molar-refractivity contribution in [1.82, 2.24) is 0 Å². The number of aliphatic carboxylic acids is 1. The van der Waals surface area contributed by atoms with Gasteiger partial charge in [-0.05, 0) is 6.92 Å². The third-order valence-electron chi connectivity index (χ3n) is 0.956. The standard InChI is InChI=1S/C6H12O4/c1-5(4-6(8)9)10-3-2-7/h5,7H,2-4H2,1H3,(H,8,9). The van der Waals surface area contributed by atoms with Gasteiger partial charge in [0.05, 0.1) is 25.7 Å². The molecule has 1 atom stereocenters. The summed E-state index contributed by atoms with van der Waals surface area (Å²) in [5.41, 5.74) is 0. The number of ether oxygens (including phenoxy) is 1. The van der Waals surface area contributed by atoms with E-state index in [0.717, 1.165) is 0 Å². The van der Waals surface area contributed by atoms with Crippen LogP contribution in [-0.2, 0) is 9.53 Å². The average Bonchev–Trinajstić information content (AvgIpc) is 1.82. The Morgan fingerprint density at radius 3 is 2.70 bits per heavy atom. The quantitative estimate of drug-likeness (QED) is 0.569. The van der Waals surface area contributed by atoms with Crippen LogP contribution in [0.15, 0.2) is 0 Å². The van der Waals surface area contributed by atoms with Crippen LogP contribution in [0.4, 0.5) is 0 Å². The largest absolute Gasteiger partial charge is 0.481 e. The lowest BCUT2D eigenvalue weighted by molar-refractivity contribution is -0.140. The third-order valence-corrected chi connectivity index (χ3v) is 0.956. The summed E-state index contributed by atoms with van der Waals surface area (Å²) in [5, 5.41) is 16.5. The van der Waals surface area contributed by atoms with E-state index in [1.165, 1.54) is 0 Å². The van der Waals surface area contributed by atoms with E-state index in [9.17, 15) is 4.79 Å². The van der Waals surface area contributed by atoms with E-state index in [1.807, 2.05) is 0 Å². The smallest absolute Gasteiger partial charge is 0.305 e. The number of aliphatic hydroxyl groups excluding tert-OH is 1. The van der Waals surface area contributed by atoms with Gasteiger partial charge in [0.25, 0.3) is 0 Å². The molecule has 0 heterocycles. The number of carboxylic acids is 1. The summed E-state index contributed by atoms with van der Waals surface area (Å²) < 4.78 is 4.87. The van der Waals surface area contributed by atoms with Crippen LogP contribution in [0.2, 0.25) is 0 Å². The van der Waals surface area contributed by atoms with E-state index in [1.54, 1.807) is 6.92 Å². The van der Waals surface area contributed by atoms with Crippen molar-refractivity contribution in [2.75, 3.05) is 13.2 Å². The second-order valence-electron chi connectivity index (χ2n) is 2.00. The SMILES string of the molecule is CC(CC(=O)O)OCCO. The van der Waals surface area contributed by atoms with Crippen LogP contribution < -0.4 is 0 Å². The predicted molar refractivity (Wildman–Crippen MR) is 34.8 cm³/mol. The first-order valence-corrected chi connectivity index (χ1v) is 3.11. The number of aliphatic hydroxyl groups is 1. The van der Waals surface area contributed by atoms with E-state index in [0.29, 0.717) is 0 Å². The van der Waals surface area contributed by atoms with E-state index in [2.05, 4.69) is 0 Å². The van der Waals surface area contributed by atoms with E-state index in [4.69, 9.17) is 14.9 Å². The molecule has 0 aliphatic heterocycles. The fourth-order valence-corrected chi connectivity index (χ4v) is 0.559. The van der Waals surface area contributed by atoms with Crippen LogP contribution in [0.5, 0.6) is 0 Å². The van der Waals surface area contributed by atoms with E-state index < -0.39 is 5.97 Å². The van der Waals surface area contributed by atoms with Crippen molar-refractivity contribution in [2.45, 2.75) is 19.4 Å². The van der Waals surface area contributed by atoms with Crippen LogP contribution in [0, 0.1) is 0 Å². The molecule has 4 nitrogen and oxygen atoms in total. The molecule has 0 radical (unpaired) electrons. The molecule has 0 rings (SSSR count). The van der Waals surface area contributed by atoms with Gasteiger partial charge in [0.1, 0.15) is 0 Å². The van der Waals surface area contributed by atoms with Gasteiger partial charge in [-0.3, -0.25) is 4.79 Å². The molecule has 0 aromatic heterocycles. The molecule has 4 heteroatoms. The molecule has 60 valence electrons. The fraction of sp³-hybridized carbons (Fsp3) is 0.833. The van der Waals surface area contributed by atoms with Crippen molar-refractivity contribution in [1.29, 1.82) is 0 Å². The maximum Gasteiger partial charge on any atom is 0.305 e. The Bertz CT molecular complexity index is 102. The lowest BCUT2D eigenvalue weighted by Gasteiger charge is -2.07. The van der Waals surface area contributed by atoms with Gasteiger partial charge in [-0.1, -0.05) is 0 Å². The summed E-state index contributed by atoms with van der Waals surface area (Å²) in [4.78, 5) is 10.0. The average molecular weight is 148 g/mol. The summed E-state index contributed by atoms with van der Waals surface area (Å²) in [5.74, 6) is -0.884. The molecule has 0 amide bonds. The zero-order valence-electron chi connectivity index (χ0n) is 5.91. The summed E-state index contributed by atoms with van der Waals surface area (Å²) in [6, 6.07) is 0. The van der Waals surface area contributed by atoms with Crippen molar-refractivity contribution < 1.29 is 19.7 Å². The van der Waals surface area contributed by atoms with Gasteiger partial charge in [-0.25, -0.2) is 0 Å². The summed E-state index contributed by atoms with van der Waals surface area (Å²) in [6.45, 7) is 1.79. The highest BCUT2D eigenvalue weighted by Crippen LogP contribution is 1.95. The Balaban J connectivity index is 3.25. The maximum absolute atomic E-state index is 10.0. The predicted octanol–water partition coefficient (Wildman–Crippen LogP) is -0.142. The molecule has 0 saturated carbocycles. The number of carbonyl (C=O) groups is 1. The minimum Gasteiger partial charge on any atom is -0.481 e. The topological polar surface area (TPSA) is 66.8 Å². The maximum atomic E-state index is 10.0. The second-order valence-corrected chi connectivity index (χ2v) is 2.00. The Morgan fingerprint density at radius 1 is 1.70 bits per heavy atom. The normalized spacial score (nSPS) is 13.0. The fourth-order valence-electron chi connectivity index (χ4n) is 0.559. The number of rotatable bonds is 5. The molecular weight excluding hydrogens is 136 g/mol. The van der Waals surface area contributed by atoms with Gasteiger partial charge >= 0.3 is 5.97 Å². The van der Waals surface area contributed by atoms with Crippen LogP contribution in [0.25, 0.3) is 0 Å². The van der Waals surface area contributed by atoms with Gasteiger partial charge in [0.2, 0.25) is 0 Å². The Morgan fingerprint density at radius 2 is 2.30 bits per heavy atom. The van der Waals surface area contributed by atoms with Crippen molar-refractivity contribution in [3.63, 3.8) is 0 Å². The van der Waals surface area contributed by atoms with Gasteiger partial charge in [0, 0.05) is 0 Å². The zero-order valence-corrected chi connectivity index (χ0v) is 5.91. The molecule has 0 aliphatic carbocycles. The Kier molecular flexibility index (Phi) is 4.88. The molecule has 0 bridgehead atoms.